The summed E-state index contributed by atoms with van der Waals surface area (Å²) >= 11 is 3.51. The monoisotopic (exact) mass is 703 g/mol. The van der Waals surface area contributed by atoms with Crippen LogP contribution in [0.15, 0.2) is 108 Å². The van der Waals surface area contributed by atoms with Gasteiger partial charge in [0, 0.05) is 30.6 Å². The number of nitrogens with one attached hydrogen (secondary N) is 1. The molecule has 0 aromatic heterocycles. The maximum absolute atomic E-state index is 14.2. The zero-order valence-corrected chi connectivity index (χ0v) is 28.0. The molecule has 3 aliphatic heterocycles. The highest BCUT2D eigenvalue weighted by molar-refractivity contribution is 9.10. The molecule has 0 saturated carbocycles. The number of hydrogen-bond donors (Lipinski definition) is 1. The van der Waals surface area contributed by atoms with Gasteiger partial charge in [-0.3, -0.25) is 14.9 Å². The molecule has 242 valence electrons. The topological polar surface area (TPSA) is 88.2 Å². The Bertz CT molecular complexity index is 1890. The number of ether oxygens (including phenoxy) is 2. The molecule has 4 aromatic rings. The summed E-state index contributed by atoms with van der Waals surface area (Å²) in [5.74, 6) is -0.429. The number of anilines is 2. The maximum Gasteiger partial charge on any atom is 0.335 e. The minimum Gasteiger partial charge on any atom is -0.493 e. The van der Waals surface area contributed by atoms with Gasteiger partial charge in [-0.15, -0.1) is 0 Å². The van der Waals surface area contributed by atoms with E-state index in [1.54, 1.807) is 18.2 Å². The molecule has 0 bridgehead atoms. The first-order valence-electron chi connectivity index (χ1n) is 15.9. The van der Waals surface area contributed by atoms with Gasteiger partial charge in [0.2, 0.25) is 0 Å². The molecular weight excluding hydrogens is 670 g/mol. The average Bonchev–Trinajstić information content (AvgIpc) is 3.10. The molecule has 9 heteroatoms. The molecule has 3 heterocycles. The Morgan fingerprint density at radius 2 is 1.50 bits per heavy atom. The van der Waals surface area contributed by atoms with Gasteiger partial charge in [0.05, 0.1) is 17.3 Å². The van der Waals surface area contributed by atoms with Crippen molar-refractivity contribution in [2.75, 3.05) is 36.6 Å². The van der Waals surface area contributed by atoms with Gasteiger partial charge in [0.25, 0.3) is 11.8 Å². The summed E-state index contributed by atoms with van der Waals surface area (Å²) in [6.07, 6.45) is 4.89. The van der Waals surface area contributed by atoms with Crippen LogP contribution in [-0.4, -0.2) is 44.7 Å². The van der Waals surface area contributed by atoms with Crippen molar-refractivity contribution >= 4 is 51.2 Å². The second-order valence-corrected chi connectivity index (χ2v) is 12.9. The average molecular weight is 705 g/mol. The van der Waals surface area contributed by atoms with Crippen LogP contribution in [0.4, 0.5) is 16.2 Å². The van der Waals surface area contributed by atoms with E-state index in [-0.39, 0.29) is 24.0 Å². The minimum atomic E-state index is -0.780. The Hall–Kier alpha value is -5.15. The van der Waals surface area contributed by atoms with Crippen molar-refractivity contribution < 1.29 is 23.9 Å². The van der Waals surface area contributed by atoms with Crippen LogP contribution in [0, 0.1) is 0 Å². The molecule has 1 saturated heterocycles. The van der Waals surface area contributed by atoms with Crippen LogP contribution >= 0.6 is 15.9 Å². The van der Waals surface area contributed by atoms with Crippen molar-refractivity contribution in [3.8, 4) is 11.5 Å². The largest absolute Gasteiger partial charge is 0.493 e. The number of hydrogen-bond acceptors (Lipinski definition) is 6. The highest BCUT2D eigenvalue weighted by atomic mass is 79.9. The minimum absolute atomic E-state index is 0.0805. The molecule has 1 fully saturated rings. The van der Waals surface area contributed by atoms with Gasteiger partial charge >= 0.3 is 6.03 Å². The normalized spacial score (nSPS) is 19.5. The van der Waals surface area contributed by atoms with Crippen LogP contribution in [0.25, 0.3) is 6.08 Å². The zero-order valence-electron chi connectivity index (χ0n) is 26.4. The first kappa shape index (κ1) is 31.4. The number of methoxy groups -OCH3 is 1. The number of benzene rings is 4. The van der Waals surface area contributed by atoms with E-state index >= 15 is 0 Å². The van der Waals surface area contributed by atoms with Gasteiger partial charge in [-0.25, -0.2) is 9.69 Å². The van der Waals surface area contributed by atoms with E-state index in [1.807, 2.05) is 48.5 Å². The highest BCUT2D eigenvalue weighted by Crippen LogP contribution is 2.50. The lowest BCUT2D eigenvalue weighted by molar-refractivity contribution is -0.122. The second kappa shape index (κ2) is 13.2. The first-order chi connectivity index (χ1) is 23.4. The molecule has 4 amide bonds. The van der Waals surface area contributed by atoms with E-state index in [4.69, 9.17) is 9.47 Å². The summed E-state index contributed by atoms with van der Waals surface area (Å²) in [7, 11) is 1.51. The number of carbonyl (C=O) groups excluding carboxylic acids is 3. The van der Waals surface area contributed by atoms with Crippen molar-refractivity contribution in [2.24, 2.45) is 0 Å². The fourth-order valence-electron chi connectivity index (χ4n) is 7.13. The second-order valence-electron chi connectivity index (χ2n) is 12.1. The lowest BCUT2D eigenvalue weighted by Gasteiger charge is -2.44. The summed E-state index contributed by atoms with van der Waals surface area (Å²) in [6.45, 7) is 5.79. The van der Waals surface area contributed by atoms with Crippen molar-refractivity contribution in [3.63, 3.8) is 0 Å². The SMILES string of the molecule is C=CCOc1c(Br)cc(/C=C2\C(=O)NC(=O)N(c3cc4c5c(c3)[C@H](c3ccccc3)CCN5CC[C@H]4c3ccccc3)C2=O)cc1OC. The predicted octanol–water partition coefficient (Wildman–Crippen LogP) is 7.57. The fourth-order valence-corrected chi connectivity index (χ4v) is 7.71. The summed E-state index contributed by atoms with van der Waals surface area (Å²) in [6, 6.07) is 27.3. The summed E-state index contributed by atoms with van der Waals surface area (Å²) < 4.78 is 11.8. The highest BCUT2D eigenvalue weighted by Gasteiger charge is 2.40. The molecule has 8 nitrogen and oxygen atoms in total. The molecular formula is C39H34BrN3O5. The number of carbonyl (C=O) groups is 3. The Labute approximate surface area is 287 Å². The van der Waals surface area contributed by atoms with Crippen LogP contribution < -0.4 is 24.6 Å². The Kier molecular flexibility index (Phi) is 8.62. The number of urea groups is 1. The Morgan fingerprint density at radius 3 is 2.06 bits per heavy atom. The van der Waals surface area contributed by atoms with Gasteiger partial charge in [-0.2, -0.15) is 0 Å². The summed E-state index contributed by atoms with van der Waals surface area (Å²) in [5, 5.41) is 2.41. The fraction of sp³-hybridized carbons (Fsp3) is 0.205. The number of barbiturate groups is 1. The summed E-state index contributed by atoms with van der Waals surface area (Å²) in [4.78, 5) is 44.5. The quantitative estimate of drug-likeness (QED) is 0.116. The van der Waals surface area contributed by atoms with Gasteiger partial charge < -0.3 is 14.4 Å². The standard InChI is InChI=1S/C39H34BrN3O5/c1-3-18-48-36-33(40)20-24(21-34(36)47-2)19-32-37(44)41-39(46)43(38(32)45)27-22-30-28(25-10-6-4-7-11-25)14-16-42-17-15-29(31(23-27)35(30)42)26-12-8-5-9-13-26/h3-13,19-23,28-29H,1,14-18H2,2H3,(H,41,44,46)/b32-19+/t28-,29-/m0/s1. The smallest absolute Gasteiger partial charge is 0.335 e. The third kappa shape index (κ3) is 5.68. The van der Waals surface area contributed by atoms with E-state index in [9.17, 15) is 14.4 Å². The van der Waals surface area contributed by atoms with E-state index in [0.29, 0.717) is 27.2 Å². The lowest BCUT2D eigenvalue weighted by Crippen LogP contribution is -2.54. The molecule has 4 aromatic carbocycles. The third-order valence-corrected chi connectivity index (χ3v) is 9.86. The Morgan fingerprint density at radius 1 is 0.896 bits per heavy atom. The third-order valence-electron chi connectivity index (χ3n) is 9.27. The summed E-state index contributed by atoms with van der Waals surface area (Å²) in [5.41, 5.74) is 6.47. The number of imide groups is 2. The molecule has 0 radical (unpaired) electrons. The molecule has 1 N–H and O–H groups in total. The number of nitrogens with zero attached hydrogens (tertiary/aromatic N) is 2. The van der Waals surface area contributed by atoms with Crippen LogP contribution in [0.3, 0.4) is 0 Å². The van der Waals surface area contributed by atoms with Gasteiger partial charge in [-0.1, -0.05) is 73.3 Å². The van der Waals surface area contributed by atoms with Gasteiger partial charge in [0.1, 0.15) is 12.2 Å². The van der Waals surface area contributed by atoms with Crippen LogP contribution in [0.1, 0.15) is 52.5 Å². The predicted molar refractivity (Wildman–Crippen MR) is 190 cm³/mol. The molecule has 3 aliphatic rings. The molecule has 7 rings (SSSR count). The van der Waals surface area contributed by atoms with E-state index in [0.717, 1.165) is 42.0 Å². The first-order valence-corrected chi connectivity index (χ1v) is 16.7. The zero-order chi connectivity index (χ0) is 33.4. The van der Waals surface area contributed by atoms with Crippen LogP contribution in [0.5, 0.6) is 11.5 Å². The van der Waals surface area contributed by atoms with Gasteiger partial charge in [0.15, 0.2) is 11.5 Å². The van der Waals surface area contributed by atoms with E-state index < -0.39 is 17.8 Å². The van der Waals surface area contributed by atoms with Crippen LogP contribution in [-0.2, 0) is 9.59 Å². The van der Waals surface area contributed by atoms with Crippen molar-refractivity contribution in [1.29, 1.82) is 0 Å². The van der Waals surface area contributed by atoms with Gasteiger partial charge in [-0.05, 0) is 86.9 Å². The molecule has 2 atom stereocenters. The Balaban J connectivity index is 1.35. The lowest BCUT2D eigenvalue weighted by atomic mass is 9.76. The van der Waals surface area contributed by atoms with E-state index in [2.05, 4.69) is 57.0 Å². The molecule has 0 unspecified atom stereocenters. The van der Waals surface area contributed by atoms with Crippen LogP contribution in [0.2, 0.25) is 0 Å². The number of halogens is 1. The van der Waals surface area contributed by atoms with Crippen molar-refractivity contribution in [3.05, 3.63) is 135 Å². The van der Waals surface area contributed by atoms with E-state index in [1.165, 1.54) is 30.0 Å². The number of rotatable bonds is 8. The molecule has 48 heavy (non-hydrogen) atoms. The number of amides is 4. The molecule has 0 spiro atoms. The molecule has 0 aliphatic carbocycles. The van der Waals surface area contributed by atoms with Crippen molar-refractivity contribution in [1.82, 2.24) is 5.32 Å². The maximum atomic E-state index is 14.2. The van der Waals surface area contributed by atoms with Crippen molar-refractivity contribution in [2.45, 2.75) is 24.7 Å².